The number of hydrogen-bond acceptors (Lipinski definition) is 4. The van der Waals surface area contributed by atoms with Gasteiger partial charge in [0, 0.05) is 5.56 Å². The van der Waals surface area contributed by atoms with Crippen molar-refractivity contribution >= 4 is 10.3 Å². The zero-order valence-electron chi connectivity index (χ0n) is 11.7. The Hall–Kier alpha value is -1.96. The van der Waals surface area contributed by atoms with Crippen molar-refractivity contribution in [3.8, 4) is 5.75 Å². The molecule has 3 rings (SSSR count). The fraction of sp³-hybridized carbons (Fsp3) is 0.200. The van der Waals surface area contributed by atoms with Crippen LogP contribution in [0.25, 0.3) is 0 Å². The van der Waals surface area contributed by atoms with Crippen LogP contribution in [-0.2, 0) is 20.0 Å². The Labute approximate surface area is 127 Å². The minimum atomic E-state index is -3.88. The number of halogens is 1. The van der Waals surface area contributed by atoms with Gasteiger partial charge in [0.15, 0.2) is 0 Å². The topological polar surface area (TPSA) is 64.6 Å². The molecule has 1 heterocycles. The highest BCUT2D eigenvalue weighted by Gasteiger charge is 2.47. The average Bonchev–Trinajstić information content (AvgIpc) is 2.85. The maximum absolute atomic E-state index is 13.2. The summed E-state index contributed by atoms with van der Waals surface area (Å²) >= 11 is 0. The first-order valence-electron chi connectivity index (χ1n) is 6.55. The highest BCUT2D eigenvalue weighted by molar-refractivity contribution is 7.85. The van der Waals surface area contributed by atoms with Crippen LogP contribution in [0.2, 0.25) is 0 Å². The molecule has 1 aliphatic heterocycles. The summed E-state index contributed by atoms with van der Waals surface area (Å²) in [6, 6.07) is 12.6. The van der Waals surface area contributed by atoms with E-state index in [2.05, 4.69) is 4.72 Å². The summed E-state index contributed by atoms with van der Waals surface area (Å²) in [6.45, 7) is -0.138. The molecule has 5 nitrogen and oxygen atoms in total. The van der Waals surface area contributed by atoms with Crippen LogP contribution < -0.4 is 9.46 Å². The molecule has 22 heavy (non-hydrogen) atoms. The molecule has 116 valence electrons. The summed E-state index contributed by atoms with van der Waals surface area (Å²) in [6.07, 6.45) is 0. The van der Waals surface area contributed by atoms with Crippen LogP contribution in [0, 0.1) is 5.82 Å². The van der Waals surface area contributed by atoms with Gasteiger partial charge in [0.1, 0.15) is 17.1 Å². The van der Waals surface area contributed by atoms with Crippen LogP contribution in [0.1, 0.15) is 11.1 Å². The molecule has 0 saturated carbocycles. The van der Waals surface area contributed by atoms with Gasteiger partial charge in [-0.05, 0) is 23.8 Å². The lowest BCUT2D eigenvalue weighted by molar-refractivity contribution is 0.293. The van der Waals surface area contributed by atoms with E-state index < -0.39 is 21.7 Å². The molecule has 0 aliphatic carbocycles. The third-order valence-corrected chi connectivity index (χ3v) is 4.66. The third-order valence-electron chi connectivity index (χ3n) is 3.63. The summed E-state index contributed by atoms with van der Waals surface area (Å²) in [4.78, 5) is 0. The minimum absolute atomic E-state index is 0.138. The van der Waals surface area contributed by atoms with Crippen LogP contribution in [0.15, 0.2) is 48.5 Å². The van der Waals surface area contributed by atoms with Gasteiger partial charge in [-0.25, -0.2) is 4.39 Å². The highest BCUT2D eigenvalue weighted by Crippen LogP contribution is 2.39. The molecule has 1 atom stereocenters. The molecule has 2 aromatic rings. The van der Waals surface area contributed by atoms with Crippen molar-refractivity contribution in [2.45, 2.75) is 5.54 Å². The van der Waals surface area contributed by atoms with Crippen LogP contribution in [0.4, 0.5) is 4.39 Å². The lowest BCUT2D eigenvalue weighted by Gasteiger charge is -2.29. The van der Waals surface area contributed by atoms with Crippen LogP contribution >= 0.6 is 0 Å². The van der Waals surface area contributed by atoms with E-state index in [0.717, 1.165) is 0 Å². The Kier molecular flexibility index (Phi) is 3.64. The average molecular weight is 323 g/mol. The van der Waals surface area contributed by atoms with Crippen molar-refractivity contribution in [2.75, 3.05) is 13.7 Å². The van der Waals surface area contributed by atoms with Gasteiger partial charge in [-0.1, -0.05) is 30.3 Å². The molecule has 1 saturated heterocycles. The van der Waals surface area contributed by atoms with Gasteiger partial charge in [0.2, 0.25) is 0 Å². The summed E-state index contributed by atoms with van der Waals surface area (Å²) in [7, 11) is -2.38. The van der Waals surface area contributed by atoms with Crippen molar-refractivity contribution in [1.82, 2.24) is 4.72 Å². The first kappa shape index (κ1) is 15.0. The van der Waals surface area contributed by atoms with Crippen molar-refractivity contribution in [3.05, 3.63) is 65.5 Å². The molecule has 0 spiro atoms. The number of methoxy groups -OCH3 is 1. The molecular formula is C15H14FNO4S. The summed E-state index contributed by atoms with van der Waals surface area (Å²) in [5, 5.41) is 0. The molecule has 1 aliphatic rings. The maximum Gasteiger partial charge on any atom is 0.337 e. The number of benzene rings is 2. The second kappa shape index (κ2) is 5.35. The SMILES string of the molecule is COc1ccccc1C1(c2ccc(F)cc2)COS(=O)(=O)N1. The number of nitrogens with one attached hydrogen (secondary N) is 1. The number of rotatable bonds is 3. The van der Waals surface area contributed by atoms with E-state index >= 15 is 0 Å². The Morgan fingerprint density at radius 3 is 2.45 bits per heavy atom. The predicted octanol–water partition coefficient (Wildman–Crippen LogP) is 1.94. The lowest BCUT2D eigenvalue weighted by Crippen LogP contribution is -2.42. The van der Waals surface area contributed by atoms with Crippen molar-refractivity contribution in [2.24, 2.45) is 0 Å². The number of hydrogen-bond donors (Lipinski definition) is 1. The van der Waals surface area contributed by atoms with E-state index in [1.807, 2.05) is 0 Å². The molecule has 0 aromatic heterocycles. The van der Waals surface area contributed by atoms with Gasteiger partial charge >= 0.3 is 10.3 Å². The van der Waals surface area contributed by atoms with E-state index in [1.165, 1.54) is 31.4 Å². The monoisotopic (exact) mass is 323 g/mol. The highest BCUT2D eigenvalue weighted by atomic mass is 32.2. The van der Waals surface area contributed by atoms with E-state index in [4.69, 9.17) is 8.92 Å². The van der Waals surface area contributed by atoms with Crippen molar-refractivity contribution in [3.63, 3.8) is 0 Å². The molecular weight excluding hydrogens is 309 g/mol. The van der Waals surface area contributed by atoms with E-state index in [1.54, 1.807) is 24.3 Å². The van der Waals surface area contributed by atoms with Gasteiger partial charge in [0.25, 0.3) is 0 Å². The normalized spacial score (nSPS) is 23.4. The van der Waals surface area contributed by atoms with Gasteiger partial charge in [-0.2, -0.15) is 13.1 Å². The Morgan fingerprint density at radius 1 is 1.18 bits per heavy atom. The lowest BCUT2D eigenvalue weighted by atomic mass is 9.84. The fourth-order valence-corrected chi connectivity index (χ4v) is 3.70. The second-order valence-corrected chi connectivity index (χ2v) is 6.28. The largest absolute Gasteiger partial charge is 0.496 e. The summed E-state index contributed by atoms with van der Waals surface area (Å²) < 4.78 is 49.6. The van der Waals surface area contributed by atoms with Gasteiger partial charge < -0.3 is 4.74 Å². The van der Waals surface area contributed by atoms with Crippen LogP contribution in [-0.4, -0.2) is 22.1 Å². The fourth-order valence-electron chi connectivity index (χ4n) is 2.60. The van der Waals surface area contributed by atoms with E-state index in [9.17, 15) is 12.8 Å². The number of ether oxygens (including phenoxy) is 1. The Bertz CT molecular complexity index is 791. The predicted molar refractivity (Wildman–Crippen MR) is 78.2 cm³/mol. The number of para-hydroxylation sites is 1. The third kappa shape index (κ3) is 2.47. The minimum Gasteiger partial charge on any atom is -0.496 e. The van der Waals surface area contributed by atoms with E-state index in [0.29, 0.717) is 16.9 Å². The Morgan fingerprint density at radius 2 is 1.86 bits per heavy atom. The van der Waals surface area contributed by atoms with Gasteiger partial charge in [0.05, 0.1) is 13.7 Å². The zero-order valence-corrected chi connectivity index (χ0v) is 12.6. The molecule has 2 aromatic carbocycles. The van der Waals surface area contributed by atoms with Gasteiger partial charge in [-0.15, -0.1) is 0 Å². The van der Waals surface area contributed by atoms with Gasteiger partial charge in [-0.3, -0.25) is 4.18 Å². The second-order valence-electron chi connectivity index (χ2n) is 4.93. The summed E-state index contributed by atoms with van der Waals surface area (Å²) in [5.74, 6) is 0.112. The molecule has 7 heteroatoms. The zero-order chi connectivity index (χ0) is 15.8. The van der Waals surface area contributed by atoms with E-state index in [-0.39, 0.29) is 6.61 Å². The smallest absolute Gasteiger partial charge is 0.337 e. The molecule has 1 N–H and O–H groups in total. The standard InChI is InChI=1S/C15H14FNO4S/c1-20-14-5-3-2-4-13(14)15(10-21-22(18,19)17-15)11-6-8-12(16)9-7-11/h2-9,17H,10H2,1H3. The molecule has 0 amide bonds. The van der Waals surface area contributed by atoms with Crippen LogP contribution in [0.5, 0.6) is 5.75 Å². The molecule has 0 bridgehead atoms. The Balaban J connectivity index is 2.22. The first-order chi connectivity index (χ1) is 10.5. The first-order valence-corrected chi connectivity index (χ1v) is 7.95. The molecule has 0 radical (unpaired) electrons. The molecule has 1 unspecified atom stereocenters. The van der Waals surface area contributed by atoms with Crippen molar-refractivity contribution in [1.29, 1.82) is 0 Å². The van der Waals surface area contributed by atoms with Crippen molar-refractivity contribution < 1.29 is 21.7 Å². The molecule has 1 fully saturated rings. The van der Waals surface area contributed by atoms with Crippen LogP contribution in [0.3, 0.4) is 0 Å². The summed E-state index contributed by atoms with van der Waals surface area (Å²) in [5.41, 5.74) is 0.0173. The quantitative estimate of drug-likeness (QED) is 0.937. The maximum atomic E-state index is 13.2.